The maximum Gasteiger partial charge on any atom is 0.00795 e. The van der Waals surface area contributed by atoms with Crippen LogP contribution >= 0.6 is 0 Å². The van der Waals surface area contributed by atoms with Crippen molar-refractivity contribution in [3.05, 3.63) is 71.3 Å². The highest BCUT2D eigenvalue weighted by molar-refractivity contribution is 5.96. The third kappa shape index (κ3) is 1.40. The first-order valence-electron chi connectivity index (χ1n) is 6.88. The first-order chi connectivity index (χ1) is 9.25. The lowest BCUT2D eigenvalue weighted by atomic mass is 9.94. The minimum atomic E-state index is 0.496. The van der Waals surface area contributed by atoms with Gasteiger partial charge in [0.05, 0.1) is 0 Å². The zero-order chi connectivity index (χ0) is 13.0. The van der Waals surface area contributed by atoms with Gasteiger partial charge in [0, 0.05) is 5.92 Å². The second-order valence-electron chi connectivity index (χ2n) is 5.56. The molecule has 1 aliphatic carbocycles. The standard InChI is InChI=1S/C19H16/c1-12-7-9-16-17-10-8-14-5-3-4-6-15(14)19(17)13(2)18(16)11-12/h3-11,13H,1-2H3. The first kappa shape index (κ1) is 10.8. The fourth-order valence-corrected chi connectivity index (χ4v) is 3.44. The van der Waals surface area contributed by atoms with Crippen LogP contribution < -0.4 is 0 Å². The molecular formula is C19H16. The summed E-state index contributed by atoms with van der Waals surface area (Å²) in [6, 6.07) is 20.1. The molecule has 0 bridgehead atoms. The van der Waals surface area contributed by atoms with E-state index >= 15 is 0 Å². The minimum Gasteiger partial charge on any atom is -0.0616 e. The number of benzene rings is 3. The molecule has 0 saturated carbocycles. The number of hydrogen-bond acceptors (Lipinski definition) is 0. The van der Waals surface area contributed by atoms with Gasteiger partial charge in [-0.1, -0.05) is 67.1 Å². The Kier molecular flexibility index (Phi) is 2.11. The van der Waals surface area contributed by atoms with Gasteiger partial charge in [0.25, 0.3) is 0 Å². The van der Waals surface area contributed by atoms with Crippen LogP contribution in [0.3, 0.4) is 0 Å². The van der Waals surface area contributed by atoms with Gasteiger partial charge >= 0.3 is 0 Å². The van der Waals surface area contributed by atoms with Gasteiger partial charge in [0.1, 0.15) is 0 Å². The molecular weight excluding hydrogens is 228 g/mol. The van der Waals surface area contributed by atoms with Gasteiger partial charge in [0.15, 0.2) is 0 Å². The van der Waals surface area contributed by atoms with E-state index in [0.717, 1.165) is 0 Å². The predicted octanol–water partition coefficient (Wildman–Crippen LogP) is 5.28. The van der Waals surface area contributed by atoms with Gasteiger partial charge in [-0.2, -0.15) is 0 Å². The molecule has 1 aliphatic rings. The smallest absolute Gasteiger partial charge is 0.00795 e. The Balaban J connectivity index is 2.11. The van der Waals surface area contributed by atoms with Gasteiger partial charge in [-0.25, -0.2) is 0 Å². The van der Waals surface area contributed by atoms with E-state index in [4.69, 9.17) is 0 Å². The van der Waals surface area contributed by atoms with Crippen molar-refractivity contribution in [2.75, 3.05) is 0 Å². The molecule has 1 unspecified atom stereocenters. The summed E-state index contributed by atoms with van der Waals surface area (Å²) in [4.78, 5) is 0. The summed E-state index contributed by atoms with van der Waals surface area (Å²) < 4.78 is 0. The normalized spacial score (nSPS) is 16.4. The van der Waals surface area contributed by atoms with Gasteiger partial charge in [-0.3, -0.25) is 0 Å². The minimum absolute atomic E-state index is 0.496. The fourth-order valence-electron chi connectivity index (χ4n) is 3.44. The molecule has 0 radical (unpaired) electrons. The Morgan fingerprint density at radius 3 is 2.53 bits per heavy atom. The van der Waals surface area contributed by atoms with Gasteiger partial charge in [-0.15, -0.1) is 0 Å². The summed E-state index contributed by atoms with van der Waals surface area (Å²) in [5, 5.41) is 2.75. The maximum atomic E-state index is 2.34. The van der Waals surface area contributed by atoms with E-state index < -0.39 is 0 Å². The van der Waals surface area contributed by atoms with E-state index in [1.165, 1.54) is 38.6 Å². The lowest BCUT2D eigenvalue weighted by molar-refractivity contribution is 0.964. The zero-order valence-electron chi connectivity index (χ0n) is 11.3. The molecule has 0 aliphatic heterocycles. The van der Waals surface area contributed by atoms with Crippen molar-refractivity contribution >= 4 is 10.8 Å². The molecule has 19 heavy (non-hydrogen) atoms. The van der Waals surface area contributed by atoms with Gasteiger partial charge in [-0.05, 0) is 39.9 Å². The summed E-state index contributed by atoms with van der Waals surface area (Å²) in [6.45, 7) is 4.50. The molecule has 92 valence electrons. The Morgan fingerprint density at radius 2 is 1.63 bits per heavy atom. The Hall–Kier alpha value is -2.08. The summed E-state index contributed by atoms with van der Waals surface area (Å²) in [5.74, 6) is 0.496. The molecule has 0 heteroatoms. The highest BCUT2D eigenvalue weighted by Crippen LogP contribution is 2.47. The summed E-state index contributed by atoms with van der Waals surface area (Å²) >= 11 is 0. The van der Waals surface area contributed by atoms with E-state index in [9.17, 15) is 0 Å². The highest BCUT2D eigenvalue weighted by atomic mass is 14.3. The lowest BCUT2D eigenvalue weighted by Gasteiger charge is -2.10. The molecule has 1 atom stereocenters. The quantitative estimate of drug-likeness (QED) is 0.504. The number of rotatable bonds is 0. The largest absolute Gasteiger partial charge is 0.0616 e. The monoisotopic (exact) mass is 244 g/mol. The molecule has 0 N–H and O–H groups in total. The van der Waals surface area contributed by atoms with E-state index in [1.54, 1.807) is 0 Å². The Morgan fingerprint density at radius 1 is 0.842 bits per heavy atom. The summed E-state index contributed by atoms with van der Waals surface area (Å²) in [5.41, 5.74) is 7.16. The second kappa shape index (κ2) is 3.71. The van der Waals surface area contributed by atoms with Crippen molar-refractivity contribution in [2.45, 2.75) is 19.8 Å². The molecule has 4 rings (SSSR count). The molecule has 0 fully saturated rings. The molecule has 3 aromatic rings. The van der Waals surface area contributed by atoms with Crippen molar-refractivity contribution in [1.82, 2.24) is 0 Å². The lowest BCUT2D eigenvalue weighted by Crippen LogP contribution is -1.91. The fraction of sp³-hybridized carbons (Fsp3) is 0.158. The Labute approximate surface area is 113 Å². The van der Waals surface area contributed by atoms with Crippen LogP contribution in [0.1, 0.15) is 29.5 Å². The molecule has 0 amide bonds. The van der Waals surface area contributed by atoms with Crippen LogP contribution in [0.4, 0.5) is 0 Å². The van der Waals surface area contributed by atoms with Crippen LogP contribution in [0.2, 0.25) is 0 Å². The van der Waals surface area contributed by atoms with Crippen LogP contribution in [-0.4, -0.2) is 0 Å². The van der Waals surface area contributed by atoms with E-state index in [2.05, 4.69) is 68.4 Å². The van der Waals surface area contributed by atoms with Gasteiger partial charge < -0.3 is 0 Å². The third-order valence-electron chi connectivity index (χ3n) is 4.37. The zero-order valence-corrected chi connectivity index (χ0v) is 11.3. The molecule has 0 saturated heterocycles. The number of hydrogen-bond donors (Lipinski definition) is 0. The average Bonchev–Trinajstić information content (AvgIpc) is 2.72. The molecule has 0 aromatic heterocycles. The second-order valence-corrected chi connectivity index (χ2v) is 5.56. The van der Waals surface area contributed by atoms with Crippen molar-refractivity contribution in [1.29, 1.82) is 0 Å². The van der Waals surface area contributed by atoms with E-state index in [-0.39, 0.29) is 0 Å². The molecule has 0 heterocycles. The van der Waals surface area contributed by atoms with Crippen LogP contribution in [0.25, 0.3) is 21.9 Å². The SMILES string of the molecule is Cc1ccc2c(c1)C(C)c1c-2ccc2ccccc12. The summed E-state index contributed by atoms with van der Waals surface area (Å²) in [6.07, 6.45) is 0. The van der Waals surface area contributed by atoms with Gasteiger partial charge in [0.2, 0.25) is 0 Å². The number of aryl methyl sites for hydroxylation is 1. The maximum absolute atomic E-state index is 2.34. The van der Waals surface area contributed by atoms with Crippen molar-refractivity contribution in [3.8, 4) is 11.1 Å². The molecule has 0 nitrogen and oxygen atoms in total. The topological polar surface area (TPSA) is 0 Å². The molecule has 3 aromatic carbocycles. The van der Waals surface area contributed by atoms with E-state index in [1.807, 2.05) is 0 Å². The van der Waals surface area contributed by atoms with Crippen LogP contribution in [-0.2, 0) is 0 Å². The van der Waals surface area contributed by atoms with Crippen LogP contribution in [0.15, 0.2) is 54.6 Å². The van der Waals surface area contributed by atoms with Crippen LogP contribution in [0.5, 0.6) is 0 Å². The molecule has 0 spiro atoms. The predicted molar refractivity (Wildman–Crippen MR) is 81.6 cm³/mol. The van der Waals surface area contributed by atoms with E-state index in [0.29, 0.717) is 5.92 Å². The summed E-state index contributed by atoms with van der Waals surface area (Å²) in [7, 11) is 0. The van der Waals surface area contributed by atoms with Crippen LogP contribution in [0, 0.1) is 6.92 Å². The van der Waals surface area contributed by atoms with Crippen molar-refractivity contribution in [3.63, 3.8) is 0 Å². The van der Waals surface area contributed by atoms with Crippen molar-refractivity contribution < 1.29 is 0 Å². The average molecular weight is 244 g/mol. The Bertz CT molecular complexity index is 796. The first-order valence-corrected chi connectivity index (χ1v) is 6.88. The number of fused-ring (bicyclic) bond motifs is 5. The highest BCUT2D eigenvalue weighted by Gasteiger charge is 2.26. The third-order valence-corrected chi connectivity index (χ3v) is 4.37. The van der Waals surface area contributed by atoms with Crippen molar-refractivity contribution in [2.24, 2.45) is 0 Å².